The Morgan fingerprint density at radius 1 is 1.30 bits per heavy atom. The second-order valence-electron chi connectivity index (χ2n) is 4.51. The average Bonchev–Trinajstić information content (AvgIpc) is 2.46. The van der Waals surface area contributed by atoms with Crippen LogP contribution in [0.1, 0.15) is 16.7 Å². The van der Waals surface area contributed by atoms with E-state index in [4.69, 9.17) is 5.26 Å². The maximum absolute atomic E-state index is 12.6. The molecule has 1 aromatic heterocycles. The Kier molecular flexibility index (Phi) is 4.18. The topological polar surface area (TPSA) is 102 Å². The van der Waals surface area contributed by atoms with E-state index < -0.39 is 23.2 Å². The van der Waals surface area contributed by atoms with Gasteiger partial charge in [-0.1, -0.05) is 6.07 Å². The number of alkyl halides is 3. The molecule has 0 spiro atoms. The number of aromatic amines is 1. The third-order valence-corrected chi connectivity index (χ3v) is 2.96. The third kappa shape index (κ3) is 3.37. The zero-order chi connectivity index (χ0) is 17.2. The quantitative estimate of drug-likeness (QED) is 0.824. The van der Waals surface area contributed by atoms with E-state index in [1.807, 2.05) is 4.98 Å². The molecular weight excluding hydrogens is 313 g/mol. The molecule has 0 radical (unpaired) electrons. The number of hydrogen-bond acceptors (Lipinski definition) is 5. The number of nitrogens with zero attached hydrogens (tertiary/aromatic N) is 3. The van der Waals surface area contributed by atoms with Crippen molar-refractivity contribution in [1.29, 1.82) is 5.26 Å². The first kappa shape index (κ1) is 16.2. The lowest BCUT2D eigenvalue weighted by Crippen LogP contribution is -2.08. The molecule has 0 saturated carbocycles. The summed E-state index contributed by atoms with van der Waals surface area (Å²) < 4.78 is 37.8. The Morgan fingerprint density at radius 2 is 2.00 bits per heavy atom. The highest BCUT2D eigenvalue weighted by Crippen LogP contribution is 2.32. The normalized spacial score (nSPS) is 11.6. The van der Waals surface area contributed by atoms with Crippen molar-refractivity contribution < 1.29 is 18.3 Å². The van der Waals surface area contributed by atoms with E-state index in [0.29, 0.717) is 0 Å². The molecule has 9 heteroatoms. The van der Waals surface area contributed by atoms with Crippen LogP contribution < -0.4 is 5.56 Å². The third-order valence-electron chi connectivity index (χ3n) is 2.96. The SMILES string of the molecule is Cc1c(C#N)c(O)[nH]c(=O)c1N=Nc1cccc(C(F)(F)F)c1. The predicted molar refractivity (Wildman–Crippen MR) is 73.8 cm³/mol. The van der Waals surface area contributed by atoms with Crippen molar-refractivity contribution in [3.8, 4) is 11.9 Å². The van der Waals surface area contributed by atoms with Gasteiger partial charge in [-0.3, -0.25) is 9.78 Å². The van der Waals surface area contributed by atoms with Gasteiger partial charge in [-0.05, 0) is 25.1 Å². The Morgan fingerprint density at radius 3 is 2.61 bits per heavy atom. The molecular formula is C14H9F3N4O2. The van der Waals surface area contributed by atoms with Crippen molar-refractivity contribution in [1.82, 2.24) is 4.98 Å². The summed E-state index contributed by atoms with van der Waals surface area (Å²) in [7, 11) is 0. The van der Waals surface area contributed by atoms with Crippen LogP contribution in [0, 0.1) is 18.3 Å². The van der Waals surface area contributed by atoms with Crippen molar-refractivity contribution in [3.05, 3.63) is 51.3 Å². The zero-order valence-corrected chi connectivity index (χ0v) is 11.6. The number of azo groups is 1. The predicted octanol–water partition coefficient (Wildman–Crippen LogP) is 3.69. The molecule has 23 heavy (non-hydrogen) atoms. The summed E-state index contributed by atoms with van der Waals surface area (Å²) in [5.74, 6) is -0.604. The molecule has 2 N–H and O–H groups in total. The fraction of sp³-hybridized carbons (Fsp3) is 0.143. The molecule has 0 atom stereocenters. The van der Waals surface area contributed by atoms with Crippen LogP contribution in [0.5, 0.6) is 5.88 Å². The minimum atomic E-state index is -4.52. The maximum atomic E-state index is 12.6. The molecule has 0 amide bonds. The van der Waals surface area contributed by atoms with Gasteiger partial charge >= 0.3 is 6.18 Å². The van der Waals surface area contributed by atoms with E-state index in [0.717, 1.165) is 18.2 Å². The summed E-state index contributed by atoms with van der Waals surface area (Å²) >= 11 is 0. The molecule has 0 bridgehead atoms. The van der Waals surface area contributed by atoms with Gasteiger partial charge in [0, 0.05) is 5.56 Å². The number of nitrogens with one attached hydrogen (secondary N) is 1. The Bertz CT molecular complexity index is 879. The van der Waals surface area contributed by atoms with Crippen LogP contribution in [-0.2, 0) is 6.18 Å². The highest BCUT2D eigenvalue weighted by Gasteiger charge is 2.30. The summed E-state index contributed by atoms with van der Waals surface area (Å²) in [5.41, 5.74) is -2.20. The number of H-pyrrole nitrogens is 1. The van der Waals surface area contributed by atoms with Crippen LogP contribution in [0.4, 0.5) is 24.5 Å². The lowest BCUT2D eigenvalue weighted by molar-refractivity contribution is -0.137. The Hall–Kier alpha value is -3.15. The van der Waals surface area contributed by atoms with Gasteiger partial charge in [-0.25, -0.2) is 0 Å². The average molecular weight is 322 g/mol. The number of benzene rings is 1. The van der Waals surface area contributed by atoms with Gasteiger partial charge in [-0.15, -0.1) is 5.11 Å². The lowest BCUT2D eigenvalue weighted by atomic mass is 10.1. The molecule has 2 rings (SSSR count). The summed E-state index contributed by atoms with van der Waals surface area (Å²) in [5, 5.41) is 25.5. The van der Waals surface area contributed by atoms with Crippen molar-refractivity contribution in [2.45, 2.75) is 13.1 Å². The van der Waals surface area contributed by atoms with Crippen molar-refractivity contribution in [2.75, 3.05) is 0 Å². The minimum absolute atomic E-state index is 0.0736. The van der Waals surface area contributed by atoms with Gasteiger partial charge in [0.15, 0.2) is 5.69 Å². The molecule has 0 aliphatic carbocycles. The Labute approximate surface area is 127 Å². The first-order valence-corrected chi connectivity index (χ1v) is 6.19. The number of nitriles is 1. The summed E-state index contributed by atoms with van der Waals surface area (Å²) in [6.45, 7) is 1.37. The molecule has 0 saturated heterocycles. The van der Waals surface area contributed by atoms with Gasteiger partial charge in [0.1, 0.15) is 11.6 Å². The molecule has 0 fully saturated rings. The van der Waals surface area contributed by atoms with E-state index in [-0.39, 0.29) is 22.5 Å². The van der Waals surface area contributed by atoms with Gasteiger partial charge in [0.2, 0.25) is 5.88 Å². The smallest absolute Gasteiger partial charge is 0.416 e. The van der Waals surface area contributed by atoms with E-state index >= 15 is 0 Å². The molecule has 118 valence electrons. The van der Waals surface area contributed by atoms with Crippen LogP contribution in [0.15, 0.2) is 39.3 Å². The van der Waals surface area contributed by atoms with Crippen molar-refractivity contribution in [2.24, 2.45) is 10.2 Å². The lowest BCUT2D eigenvalue weighted by Gasteiger charge is -2.06. The Balaban J connectivity index is 2.47. The number of hydrogen-bond donors (Lipinski definition) is 2. The summed E-state index contributed by atoms with van der Waals surface area (Å²) in [4.78, 5) is 13.7. The molecule has 6 nitrogen and oxygen atoms in total. The number of halogens is 3. The number of pyridine rings is 1. The van der Waals surface area contributed by atoms with Crippen LogP contribution in [0.25, 0.3) is 0 Å². The van der Waals surface area contributed by atoms with Gasteiger partial charge < -0.3 is 5.11 Å². The zero-order valence-electron chi connectivity index (χ0n) is 11.6. The monoisotopic (exact) mass is 322 g/mol. The molecule has 1 heterocycles. The summed E-state index contributed by atoms with van der Waals surface area (Å²) in [6.07, 6.45) is -4.52. The molecule has 1 aromatic carbocycles. The number of aromatic hydroxyl groups is 1. The number of aromatic nitrogens is 1. The largest absolute Gasteiger partial charge is 0.494 e. The highest BCUT2D eigenvalue weighted by atomic mass is 19.4. The minimum Gasteiger partial charge on any atom is -0.494 e. The van der Waals surface area contributed by atoms with Crippen molar-refractivity contribution >= 4 is 11.4 Å². The summed E-state index contributed by atoms with van der Waals surface area (Å²) in [6, 6.07) is 5.79. The maximum Gasteiger partial charge on any atom is 0.416 e. The van der Waals surface area contributed by atoms with Crippen LogP contribution in [0.2, 0.25) is 0 Å². The van der Waals surface area contributed by atoms with Gasteiger partial charge in [0.25, 0.3) is 5.56 Å². The van der Waals surface area contributed by atoms with E-state index in [2.05, 4.69) is 10.2 Å². The van der Waals surface area contributed by atoms with E-state index in [1.54, 1.807) is 6.07 Å². The second kappa shape index (κ2) is 5.92. The van der Waals surface area contributed by atoms with Gasteiger partial charge in [-0.2, -0.15) is 23.5 Å². The molecule has 0 unspecified atom stereocenters. The molecule has 0 aliphatic rings. The first-order valence-electron chi connectivity index (χ1n) is 6.19. The molecule has 2 aromatic rings. The highest BCUT2D eigenvalue weighted by molar-refractivity contribution is 5.56. The standard InChI is InChI=1S/C14H9F3N4O2/c1-7-10(6-18)12(22)19-13(23)11(7)21-20-9-4-2-3-8(5-9)14(15,16)17/h2-5H,1H3,(H2,19,22,23). The van der Waals surface area contributed by atoms with Gasteiger partial charge in [0.05, 0.1) is 11.3 Å². The van der Waals surface area contributed by atoms with Crippen LogP contribution >= 0.6 is 0 Å². The van der Waals surface area contributed by atoms with E-state index in [9.17, 15) is 23.1 Å². The first-order chi connectivity index (χ1) is 10.7. The fourth-order valence-electron chi connectivity index (χ4n) is 1.80. The van der Waals surface area contributed by atoms with Crippen molar-refractivity contribution in [3.63, 3.8) is 0 Å². The molecule has 0 aliphatic heterocycles. The van der Waals surface area contributed by atoms with E-state index in [1.165, 1.54) is 13.0 Å². The fourth-order valence-corrected chi connectivity index (χ4v) is 1.80. The van der Waals surface area contributed by atoms with Crippen LogP contribution in [0.3, 0.4) is 0 Å². The number of rotatable bonds is 2. The second-order valence-corrected chi connectivity index (χ2v) is 4.51. The van der Waals surface area contributed by atoms with Crippen LogP contribution in [-0.4, -0.2) is 10.1 Å².